The van der Waals surface area contributed by atoms with E-state index in [1.165, 1.54) is 6.92 Å². The Morgan fingerprint density at radius 1 is 1.20 bits per heavy atom. The summed E-state index contributed by atoms with van der Waals surface area (Å²) in [6.45, 7) is 4.25. The van der Waals surface area contributed by atoms with Crippen LogP contribution in [0.15, 0.2) is 0 Å². The third-order valence-electron chi connectivity index (χ3n) is 3.52. The van der Waals surface area contributed by atoms with Gasteiger partial charge in [0.15, 0.2) is 0 Å². The second-order valence-electron chi connectivity index (χ2n) is 5.41. The van der Waals surface area contributed by atoms with Gasteiger partial charge in [-0.15, -0.1) is 0 Å². The number of rotatable bonds is 4. The van der Waals surface area contributed by atoms with Crippen molar-refractivity contribution in [3.8, 4) is 0 Å². The Morgan fingerprint density at radius 2 is 1.85 bits per heavy atom. The minimum absolute atomic E-state index is 0.00206. The normalized spacial score (nSPS) is 20.4. The Bertz CT molecular complexity index is 384. The predicted molar refractivity (Wildman–Crippen MR) is 74.7 cm³/mol. The number of hydrogen-bond acceptors (Lipinski definition) is 4. The van der Waals surface area contributed by atoms with E-state index in [1.807, 2.05) is 4.90 Å². The lowest BCUT2D eigenvalue weighted by atomic mass is 10.1. The van der Waals surface area contributed by atoms with E-state index in [0.717, 1.165) is 0 Å². The van der Waals surface area contributed by atoms with E-state index in [9.17, 15) is 14.4 Å². The van der Waals surface area contributed by atoms with Crippen molar-refractivity contribution >= 4 is 17.7 Å². The highest BCUT2D eigenvalue weighted by Gasteiger charge is 2.29. The van der Waals surface area contributed by atoms with Crippen LogP contribution in [0, 0.1) is 5.92 Å². The second kappa shape index (κ2) is 7.23. The van der Waals surface area contributed by atoms with Gasteiger partial charge in [-0.1, -0.05) is 0 Å². The summed E-state index contributed by atoms with van der Waals surface area (Å²) in [5.41, 5.74) is 5.16. The molecule has 1 aliphatic rings. The fourth-order valence-electron chi connectivity index (χ4n) is 2.36. The SMILES string of the molecule is CC(=O)N1CCN(CCC(N)=O)C[C@@H](C(=O)N(C)C)C1. The Morgan fingerprint density at radius 3 is 2.35 bits per heavy atom. The summed E-state index contributed by atoms with van der Waals surface area (Å²) in [5.74, 6) is -0.641. The van der Waals surface area contributed by atoms with Crippen molar-refractivity contribution in [2.75, 3.05) is 46.8 Å². The smallest absolute Gasteiger partial charge is 0.228 e. The fraction of sp³-hybridized carbons (Fsp3) is 0.769. The van der Waals surface area contributed by atoms with Crippen LogP contribution < -0.4 is 5.73 Å². The maximum Gasteiger partial charge on any atom is 0.228 e. The number of nitrogens with two attached hydrogens (primary N) is 1. The number of primary amides is 1. The van der Waals surface area contributed by atoms with Crippen LogP contribution in [0.5, 0.6) is 0 Å². The summed E-state index contributed by atoms with van der Waals surface area (Å²) < 4.78 is 0. The lowest BCUT2D eigenvalue weighted by Gasteiger charge is -2.25. The lowest BCUT2D eigenvalue weighted by molar-refractivity contribution is -0.135. The molecule has 1 saturated heterocycles. The molecule has 7 heteroatoms. The molecule has 0 aliphatic carbocycles. The van der Waals surface area contributed by atoms with Crippen molar-refractivity contribution in [3.05, 3.63) is 0 Å². The third-order valence-corrected chi connectivity index (χ3v) is 3.52. The minimum Gasteiger partial charge on any atom is -0.370 e. The molecular weight excluding hydrogens is 260 g/mol. The van der Waals surface area contributed by atoms with Crippen molar-refractivity contribution in [1.29, 1.82) is 0 Å². The molecule has 1 rings (SSSR count). The lowest BCUT2D eigenvalue weighted by Crippen LogP contribution is -2.41. The van der Waals surface area contributed by atoms with Crippen LogP contribution in [0.1, 0.15) is 13.3 Å². The number of amides is 3. The fourth-order valence-corrected chi connectivity index (χ4v) is 2.36. The molecule has 0 spiro atoms. The zero-order valence-electron chi connectivity index (χ0n) is 12.5. The number of carbonyl (C=O) groups excluding carboxylic acids is 3. The van der Waals surface area contributed by atoms with Gasteiger partial charge in [0.05, 0.1) is 5.92 Å². The molecule has 2 N–H and O–H groups in total. The maximum atomic E-state index is 12.2. The second-order valence-corrected chi connectivity index (χ2v) is 5.41. The van der Waals surface area contributed by atoms with E-state index < -0.39 is 0 Å². The molecular formula is C13H24N4O3. The quantitative estimate of drug-likeness (QED) is 0.697. The molecule has 7 nitrogen and oxygen atoms in total. The number of nitrogens with zero attached hydrogens (tertiary/aromatic N) is 3. The summed E-state index contributed by atoms with van der Waals surface area (Å²) in [7, 11) is 3.41. The van der Waals surface area contributed by atoms with Gasteiger partial charge in [-0.3, -0.25) is 14.4 Å². The van der Waals surface area contributed by atoms with Gasteiger partial charge in [0, 0.05) is 60.2 Å². The van der Waals surface area contributed by atoms with E-state index in [1.54, 1.807) is 23.9 Å². The van der Waals surface area contributed by atoms with E-state index in [-0.39, 0.29) is 30.1 Å². The summed E-state index contributed by atoms with van der Waals surface area (Å²) in [6, 6.07) is 0. The number of carbonyl (C=O) groups is 3. The van der Waals surface area contributed by atoms with Gasteiger partial charge in [0.25, 0.3) is 0 Å². The van der Waals surface area contributed by atoms with Crippen molar-refractivity contribution in [2.45, 2.75) is 13.3 Å². The first kappa shape index (κ1) is 16.4. The van der Waals surface area contributed by atoms with Crippen molar-refractivity contribution in [1.82, 2.24) is 14.7 Å². The molecule has 0 saturated carbocycles. The predicted octanol–water partition coefficient (Wildman–Crippen LogP) is -1.27. The Balaban J connectivity index is 2.75. The molecule has 114 valence electrons. The van der Waals surface area contributed by atoms with Crippen molar-refractivity contribution in [3.63, 3.8) is 0 Å². The topological polar surface area (TPSA) is 87.0 Å². The molecule has 0 unspecified atom stereocenters. The highest BCUT2D eigenvalue weighted by atomic mass is 16.2. The Labute approximate surface area is 119 Å². The first-order chi connectivity index (χ1) is 9.31. The summed E-state index contributed by atoms with van der Waals surface area (Å²) in [6.07, 6.45) is 0.267. The molecule has 0 aromatic heterocycles. The Hall–Kier alpha value is -1.63. The van der Waals surface area contributed by atoms with E-state index in [4.69, 9.17) is 5.73 Å². The number of hydrogen-bond donors (Lipinski definition) is 1. The molecule has 3 amide bonds. The van der Waals surface area contributed by atoms with Gasteiger partial charge in [-0.25, -0.2) is 0 Å². The standard InChI is InChI=1S/C13H24N4O3/c1-10(18)17-7-6-16(5-4-12(14)19)8-11(9-17)13(20)15(2)3/h11H,4-9H2,1-3H3,(H2,14,19)/t11-/m1/s1. The average Bonchev–Trinajstić information content (AvgIpc) is 2.57. The van der Waals surface area contributed by atoms with Gasteiger partial charge >= 0.3 is 0 Å². The van der Waals surface area contributed by atoms with E-state index in [2.05, 4.69) is 0 Å². The molecule has 1 atom stereocenters. The highest BCUT2D eigenvalue weighted by Crippen LogP contribution is 2.12. The van der Waals surface area contributed by atoms with Crippen LogP contribution in [0.4, 0.5) is 0 Å². The summed E-state index contributed by atoms with van der Waals surface area (Å²) in [4.78, 5) is 39.9. The van der Waals surface area contributed by atoms with Crippen LogP contribution in [0.25, 0.3) is 0 Å². The third kappa shape index (κ3) is 4.80. The zero-order valence-corrected chi connectivity index (χ0v) is 12.5. The van der Waals surface area contributed by atoms with Crippen molar-refractivity contribution in [2.24, 2.45) is 11.7 Å². The van der Waals surface area contributed by atoms with Gasteiger partial charge in [0.2, 0.25) is 17.7 Å². The summed E-state index contributed by atoms with van der Waals surface area (Å²) >= 11 is 0. The van der Waals surface area contributed by atoms with E-state index in [0.29, 0.717) is 32.7 Å². The summed E-state index contributed by atoms with van der Waals surface area (Å²) in [5, 5.41) is 0. The van der Waals surface area contributed by atoms with Gasteiger partial charge in [-0.2, -0.15) is 0 Å². The molecule has 0 aromatic carbocycles. The highest BCUT2D eigenvalue weighted by molar-refractivity contribution is 5.80. The maximum absolute atomic E-state index is 12.2. The van der Waals surface area contributed by atoms with E-state index >= 15 is 0 Å². The van der Waals surface area contributed by atoms with Crippen LogP contribution >= 0.6 is 0 Å². The van der Waals surface area contributed by atoms with Crippen LogP contribution in [-0.2, 0) is 14.4 Å². The molecule has 0 bridgehead atoms. The van der Waals surface area contributed by atoms with Crippen LogP contribution in [0.2, 0.25) is 0 Å². The zero-order chi connectivity index (χ0) is 15.3. The van der Waals surface area contributed by atoms with Crippen LogP contribution in [-0.4, -0.2) is 79.2 Å². The first-order valence-corrected chi connectivity index (χ1v) is 6.78. The molecule has 1 fully saturated rings. The molecule has 0 radical (unpaired) electrons. The van der Waals surface area contributed by atoms with Gasteiger partial charge in [-0.05, 0) is 0 Å². The van der Waals surface area contributed by atoms with Crippen LogP contribution in [0.3, 0.4) is 0 Å². The van der Waals surface area contributed by atoms with Gasteiger partial charge in [0.1, 0.15) is 0 Å². The van der Waals surface area contributed by atoms with Gasteiger partial charge < -0.3 is 20.4 Å². The first-order valence-electron chi connectivity index (χ1n) is 6.78. The molecule has 1 heterocycles. The van der Waals surface area contributed by atoms with Crippen molar-refractivity contribution < 1.29 is 14.4 Å². The molecule has 1 aliphatic heterocycles. The molecule has 20 heavy (non-hydrogen) atoms. The monoisotopic (exact) mass is 284 g/mol. The minimum atomic E-state index is -0.354. The Kier molecular flexibility index (Phi) is 5.94. The molecule has 0 aromatic rings. The largest absolute Gasteiger partial charge is 0.370 e. The average molecular weight is 284 g/mol.